The van der Waals surface area contributed by atoms with Crippen LogP contribution in [0.1, 0.15) is 39.9 Å². The maximum Gasteiger partial charge on any atom is 0.128 e. The molecule has 0 spiro atoms. The normalized spacial score (nSPS) is 20.5. The first-order chi connectivity index (χ1) is 17.0. The smallest absolute Gasteiger partial charge is 0.128 e. The van der Waals surface area contributed by atoms with Crippen LogP contribution in [-0.4, -0.2) is 12.7 Å². The first-order valence-electron chi connectivity index (χ1n) is 11.3. The second-order valence-electron chi connectivity index (χ2n) is 8.67. The molecule has 1 heterocycles. The maximum atomic E-state index is 13.7. The lowest BCUT2D eigenvalue weighted by molar-refractivity contribution is 0.637. The Morgan fingerprint density at radius 1 is 0.714 bits per heavy atom. The Kier molecular flexibility index (Phi) is 6.48. The molecule has 0 saturated carbocycles. The highest BCUT2D eigenvalue weighted by Crippen LogP contribution is 2.57. The lowest BCUT2D eigenvalue weighted by Crippen LogP contribution is -2.06. The largest absolute Gasteiger partial charge is 0.249 e. The molecule has 4 nitrogen and oxygen atoms in total. The third kappa shape index (κ3) is 4.63. The average molecular weight is 497 g/mol. The summed E-state index contributed by atoms with van der Waals surface area (Å²) in [4.78, 5) is 2.20. The van der Waals surface area contributed by atoms with Gasteiger partial charge in [0.2, 0.25) is 0 Å². The van der Waals surface area contributed by atoms with Crippen molar-refractivity contribution in [3.8, 4) is 6.07 Å². The third-order valence-electron chi connectivity index (χ3n) is 6.23. The summed E-state index contributed by atoms with van der Waals surface area (Å²) in [6, 6.07) is 32.4. The van der Waals surface area contributed by atoms with Crippen LogP contribution in [0.5, 0.6) is 0 Å². The lowest BCUT2D eigenvalue weighted by atomic mass is 10.0. The van der Waals surface area contributed by atoms with Crippen LogP contribution in [-0.2, 0) is 21.8 Å². The highest BCUT2D eigenvalue weighted by molar-refractivity contribution is 7.85. The predicted molar refractivity (Wildman–Crippen MR) is 138 cm³/mol. The molecule has 1 aliphatic rings. The molecule has 0 bridgehead atoms. The number of nitriles is 1. The lowest BCUT2D eigenvalue weighted by Gasteiger charge is -2.10. The zero-order chi connectivity index (χ0) is 24.5. The summed E-state index contributed by atoms with van der Waals surface area (Å²) < 4.78 is 29.3. The minimum atomic E-state index is -1.40. The molecule has 0 radical (unpaired) electrons. The Balaban J connectivity index is 1.56. The van der Waals surface area contributed by atoms with Crippen molar-refractivity contribution in [2.75, 3.05) is 0 Å². The summed E-state index contributed by atoms with van der Waals surface area (Å²) >= 11 is 0. The van der Waals surface area contributed by atoms with Gasteiger partial charge in [-0.05, 0) is 67.4 Å². The Morgan fingerprint density at radius 2 is 1.29 bits per heavy atom. The van der Waals surface area contributed by atoms with Crippen LogP contribution in [0.2, 0.25) is 0 Å². The summed E-state index contributed by atoms with van der Waals surface area (Å²) in [5.74, 6) is 0. The Hall–Kier alpha value is -3.37. The van der Waals surface area contributed by atoms with E-state index in [0.717, 1.165) is 36.9 Å². The molecule has 174 valence electrons. The zero-order valence-electron chi connectivity index (χ0n) is 19.4. The van der Waals surface area contributed by atoms with Gasteiger partial charge in [-0.1, -0.05) is 65.7 Å². The highest BCUT2D eigenvalue weighted by Gasteiger charge is 2.54. The first kappa shape index (κ1) is 23.4. The van der Waals surface area contributed by atoms with Gasteiger partial charge in [0, 0.05) is 9.79 Å². The number of benzene rings is 4. The van der Waals surface area contributed by atoms with E-state index in [9.17, 15) is 13.7 Å². The molecule has 35 heavy (non-hydrogen) atoms. The Labute approximate surface area is 210 Å². The number of nitrogens with zero attached hydrogens (tertiary/aromatic N) is 2. The van der Waals surface area contributed by atoms with Gasteiger partial charge in [0.15, 0.2) is 0 Å². The van der Waals surface area contributed by atoms with Gasteiger partial charge in [-0.3, -0.25) is 0 Å². The fraction of sp³-hybridized carbons (Fsp3) is 0.138. The highest BCUT2D eigenvalue weighted by atomic mass is 32.2. The molecule has 1 fully saturated rings. The van der Waals surface area contributed by atoms with Gasteiger partial charge in [0.1, 0.15) is 11.0 Å². The van der Waals surface area contributed by atoms with E-state index in [2.05, 4.69) is 6.07 Å². The van der Waals surface area contributed by atoms with Gasteiger partial charge in [-0.2, -0.15) is 5.26 Å². The average Bonchev–Trinajstić information content (AvgIpc) is 3.64. The number of rotatable bonds is 6. The first-order valence-corrected chi connectivity index (χ1v) is 13.6. The second kappa shape index (κ2) is 9.71. The minimum absolute atomic E-state index is 0.152. The molecular formula is C29H24N2O2S2. The van der Waals surface area contributed by atoms with Crippen LogP contribution in [0.25, 0.3) is 0 Å². The maximum absolute atomic E-state index is 13.7. The molecule has 0 aliphatic carbocycles. The van der Waals surface area contributed by atoms with Crippen molar-refractivity contribution >= 4 is 21.8 Å². The Bertz CT molecular complexity index is 1460. The van der Waals surface area contributed by atoms with E-state index in [1.165, 1.54) is 0 Å². The molecule has 0 amide bonds. The van der Waals surface area contributed by atoms with Crippen molar-refractivity contribution in [1.82, 2.24) is 4.31 Å². The van der Waals surface area contributed by atoms with Gasteiger partial charge in [0.05, 0.1) is 39.4 Å². The van der Waals surface area contributed by atoms with Crippen LogP contribution in [0.4, 0.5) is 0 Å². The van der Waals surface area contributed by atoms with Crippen molar-refractivity contribution in [2.45, 2.75) is 40.6 Å². The predicted octanol–water partition coefficient (Wildman–Crippen LogP) is 6.16. The van der Waals surface area contributed by atoms with Crippen molar-refractivity contribution in [3.05, 3.63) is 125 Å². The zero-order valence-corrected chi connectivity index (χ0v) is 21.1. The molecule has 3 unspecified atom stereocenters. The van der Waals surface area contributed by atoms with Crippen LogP contribution in [0, 0.1) is 25.2 Å². The van der Waals surface area contributed by atoms with Crippen LogP contribution in [0.15, 0.2) is 112 Å². The van der Waals surface area contributed by atoms with E-state index >= 15 is 0 Å². The van der Waals surface area contributed by atoms with Crippen molar-refractivity contribution in [1.29, 1.82) is 5.26 Å². The van der Waals surface area contributed by atoms with Gasteiger partial charge < -0.3 is 0 Å². The van der Waals surface area contributed by atoms with Crippen LogP contribution >= 0.6 is 0 Å². The quantitative estimate of drug-likeness (QED) is 0.300. The minimum Gasteiger partial charge on any atom is -0.249 e. The van der Waals surface area contributed by atoms with E-state index < -0.39 is 21.8 Å². The summed E-state index contributed by atoms with van der Waals surface area (Å²) in [7, 11) is -2.77. The van der Waals surface area contributed by atoms with Crippen molar-refractivity contribution < 1.29 is 8.42 Å². The van der Waals surface area contributed by atoms with E-state index in [1.54, 1.807) is 12.1 Å². The fourth-order valence-electron chi connectivity index (χ4n) is 4.27. The van der Waals surface area contributed by atoms with Crippen molar-refractivity contribution in [3.63, 3.8) is 0 Å². The van der Waals surface area contributed by atoms with Gasteiger partial charge in [-0.15, -0.1) is 0 Å². The van der Waals surface area contributed by atoms with E-state index in [0.29, 0.717) is 5.56 Å². The fourth-order valence-corrected chi connectivity index (χ4v) is 6.95. The van der Waals surface area contributed by atoms with Crippen molar-refractivity contribution in [2.24, 2.45) is 0 Å². The molecular weight excluding hydrogens is 472 g/mol. The molecule has 5 atom stereocenters. The summed E-state index contributed by atoms with van der Waals surface area (Å²) in [5.41, 5.74) is 4.68. The topological polar surface area (TPSA) is 60.9 Å². The molecule has 1 saturated heterocycles. The molecule has 0 aromatic heterocycles. The molecule has 5 rings (SSSR count). The number of hydrogen-bond donors (Lipinski definition) is 0. The summed E-state index contributed by atoms with van der Waals surface area (Å²) in [5, 5.41) is 9.20. The molecule has 0 N–H and O–H groups in total. The molecule has 6 heteroatoms. The van der Waals surface area contributed by atoms with E-state index in [4.69, 9.17) is 0 Å². The van der Waals surface area contributed by atoms with E-state index in [-0.39, 0.29) is 12.1 Å². The molecule has 4 aromatic rings. The van der Waals surface area contributed by atoms with Gasteiger partial charge in [-0.25, -0.2) is 12.7 Å². The third-order valence-corrected chi connectivity index (χ3v) is 9.21. The summed E-state index contributed by atoms with van der Waals surface area (Å²) in [6.45, 7) is 4.01. The van der Waals surface area contributed by atoms with E-state index in [1.807, 2.05) is 103 Å². The monoisotopic (exact) mass is 496 g/mol. The summed E-state index contributed by atoms with van der Waals surface area (Å²) in [6.07, 6.45) is 0. The number of aryl methyl sites for hydroxylation is 2. The van der Waals surface area contributed by atoms with Crippen LogP contribution < -0.4 is 0 Å². The molecule has 4 aromatic carbocycles. The SMILES string of the molecule is Cc1ccc(S(=O)c2ccccc2[C@H]2[C@H](c3ccc(C#N)cc3)N2S(=O)c2ccc(C)cc2)cc1. The second-order valence-corrected chi connectivity index (χ2v) is 11.5. The van der Waals surface area contributed by atoms with Gasteiger partial charge in [0.25, 0.3) is 0 Å². The Morgan fingerprint density at radius 3 is 1.89 bits per heavy atom. The van der Waals surface area contributed by atoms with Crippen LogP contribution in [0.3, 0.4) is 0 Å². The standard InChI is InChI=1S/C29H24N2O2S2/c1-20-7-15-24(16-8-20)34(32)27-6-4-3-5-26(27)29-28(23-13-11-22(19-30)12-14-23)31(29)35(33)25-17-9-21(2)10-18-25/h3-18,28-29H,1-2H3/t28-,29-,31?,34?,35?/m0/s1. The molecule has 1 aliphatic heterocycles. The number of hydrogen-bond acceptors (Lipinski definition) is 3. The van der Waals surface area contributed by atoms with Gasteiger partial charge >= 0.3 is 0 Å².